The van der Waals surface area contributed by atoms with Crippen molar-refractivity contribution in [2.24, 2.45) is 0 Å². The fourth-order valence-corrected chi connectivity index (χ4v) is 3.23. The summed E-state index contributed by atoms with van der Waals surface area (Å²) in [5.41, 5.74) is 2.13. The average Bonchev–Trinajstić information content (AvgIpc) is 2.75. The number of benzene rings is 1. The van der Waals surface area contributed by atoms with Gasteiger partial charge < -0.3 is 9.47 Å². The summed E-state index contributed by atoms with van der Waals surface area (Å²) >= 11 is 0. The third kappa shape index (κ3) is 2.38. The molecule has 1 saturated heterocycles. The average molecular weight is 315 g/mol. The van der Waals surface area contributed by atoms with E-state index in [9.17, 15) is 18.0 Å². The number of carbonyl (C=O) groups excluding carboxylic acids is 1. The van der Waals surface area contributed by atoms with Crippen molar-refractivity contribution in [1.29, 1.82) is 0 Å². The number of hydrogen-bond donors (Lipinski definition) is 1. The number of alkyl halides is 3. The van der Waals surface area contributed by atoms with Crippen molar-refractivity contribution in [3.63, 3.8) is 0 Å². The van der Waals surface area contributed by atoms with Gasteiger partial charge in [0.05, 0.1) is 18.1 Å². The summed E-state index contributed by atoms with van der Waals surface area (Å²) < 4.78 is 47.9. The molecule has 0 amide bonds. The molecule has 0 bridgehead atoms. The Balaban J connectivity index is 1.95. The lowest BCUT2D eigenvalue weighted by Gasteiger charge is -2.39. The van der Waals surface area contributed by atoms with Gasteiger partial charge in [0.1, 0.15) is 0 Å². The quantitative estimate of drug-likeness (QED) is 0.809. The molecule has 0 saturated carbocycles. The van der Waals surface area contributed by atoms with E-state index in [1.54, 1.807) is 0 Å². The van der Waals surface area contributed by atoms with Crippen LogP contribution in [0.1, 0.15) is 29.5 Å². The lowest BCUT2D eigenvalue weighted by molar-refractivity contribution is -0.207. The summed E-state index contributed by atoms with van der Waals surface area (Å²) in [6, 6.07) is 5.63. The highest BCUT2D eigenvalue weighted by Crippen LogP contribution is 2.45. The number of rotatable bonds is 1. The van der Waals surface area contributed by atoms with Gasteiger partial charge in [0, 0.05) is 6.54 Å². The van der Waals surface area contributed by atoms with E-state index in [1.807, 2.05) is 32.0 Å². The molecule has 2 heterocycles. The third-order valence-corrected chi connectivity index (χ3v) is 4.41. The molecule has 2 aliphatic heterocycles. The second kappa shape index (κ2) is 4.96. The van der Waals surface area contributed by atoms with Crippen LogP contribution in [0, 0.1) is 6.92 Å². The van der Waals surface area contributed by atoms with E-state index in [2.05, 4.69) is 10.1 Å². The molecule has 120 valence electrons. The van der Waals surface area contributed by atoms with Gasteiger partial charge >= 0.3 is 12.1 Å². The molecule has 3 atom stereocenters. The van der Waals surface area contributed by atoms with Crippen LogP contribution in [0.25, 0.3) is 0 Å². The molecule has 1 aromatic carbocycles. The third-order valence-electron chi connectivity index (χ3n) is 4.41. The van der Waals surface area contributed by atoms with Gasteiger partial charge in [-0.05, 0) is 30.5 Å². The van der Waals surface area contributed by atoms with Crippen LogP contribution in [-0.2, 0) is 20.9 Å². The van der Waals surface area contributed by atoms with Crippen LogP contribution in [0.4, 0.5) is 13.2 Å². The summed E-state index contributed by atoms with van der Waals surface area (Å²) in [6.07, 6.45) is -6.06. The van der Waals surface area contributed by atoms with E-state index in [1.165, 1.54) is 0 Å². The van der Waals surface area contributed by atoms with Crippen molar-refractivity contribution in [3.05, 3.63) is 34.9 Å². The molecule has 4 nitrogen and oxygen atoms in total. The monoisotopic (exact) mass is 315 g/mol. The first-order valence-electron chi connectivity index (χ1n) is 6.96. The first-order valence-corrected chi connectivity index (χ1v) is 6.96. The van der Waals surface area contributed by atoms with E-state index in [0.29, 0.717) is 13.2 Å². The molecule has 3 unspecified atom stereocenters. The minimum absolute atomic E-state index is 0.320. The maximum atomic E-state index is 12.4. The van der Waals surface area contributed by atoms with Crippen molar-refractivity contribution in [2.75, 3.05) is 6.54 Å². The van der Waals surface area contributed by atoms with Crippen LogP contribution in [0.5, 0.6) is 0 Å². The van der Waals surface area contributed by atoms with Crippen LogP contribution in [-0.4, -0.2) is 30.5 Å². The van der Waals surface area contributed by atoms with Crippen LogP contribution < -0.4 is 5.32 Å². The number of hydrogen-bond acceptors (Lipinski definition) is 4. The number of halogens is 3. The molecule has 3 rings (SSSR count). The van der Waals surface area contributed by atoms with Crippen molar-refractivity contribution in [1.82, 2.24) is 5.32 Å². The highest BCUT2D eigenvalue weighted by molar-refractivity contribution is 5.76. The summed E-state index contributed by atoms with van der Waals surface area (Å²) in [5, 5.41) is 2.83. The Morgan fingerprint density at radius 3 is 2.86 bits per heavy atom. The van der Waals surface area contributed by atoms with E-state index in [-0.39, 0.29) is 0 Å². The number of ether oxygens (including phenoxy) is 2. The van der Waals surface area contributed by atoms with Gasteiger partial charge in [-0.2, -0.15) is 13.2 Å². The highest BCUT2D eigenvalue weighted by atomic mass is 19.4. The Labute approximate surface area is 125 Å². The standard InChI is InChI=1S/C15H16F3NO3/c1-8-4-3-5-9-10(8)6-21-14(2)7-19-12(11(9)14)22-13(20)15(16,17)18/h3-5,11-12,19H,6-7H2,1-2H3. The van der Waals surface area contributed by atoms with Crippen molar-refractivity contribution in [2.45, 2.75) is 44.4 Å². The maximum Gasteiger partial charge on any atom is 0.490 e. The van der Waals surface area contributed by atoms with Gasteiger partial charge in [-0.1, -0.05) is 18.2 Å². The van der Waals surface area contributed by atoms with E-state index < -0.39 is 29.9 Å². The predicted octanol–water partition coefficient (Wildman–Crippen LogP) is 2.40. The van der Waals surface area contributed by atoms with Gasteiger partial charge in [0.2, 0.25) is 0 Å². The van der Waals surface area contributed by atoms with Crippen molar-refractivity contribution >= 4 is 5.97 Å². The largest absolute Gasteiger partial charge is 0.490 e. The molecule has 1 fully saturated rings. The molecule has 0 aromatic heterocycles. The summed E-state index contributed by atoms with van der Waals surface area (Å²) in [4.78, 5) is 11.2. The van der Waals surface area contributed by atoms with E-state index in [0.717, 1.165) is 16.7 Å². The van der Waals surface area contributed by atoms with Crippen LogP contribution in [0.2, 0.25) is 0 Å². The van der Waals surface area contributed by atoms with Gasteiger partial charge in [-0.25, -0.2) is 4.79 Å². The zero-order valence-corrected chi connectivity index (χ0v) is 12.2. The topological polar surface area (TPSA) is 47.6 Å². The molecule has 7 heteroatoms. The summed E-state index contributed by atoms with van der Waals surface area (Å²) in [5.74, 6) is -2.66. The van der Waals surface area contributed by atoms with Crippen LogP contribution in [0.3, 0.4) is 0 Å². The molecular weight excluding hydrogens is 299 g/mol. The normalized spacial score (nSPS) is 30.6. The first kappa shape index (κ1) is 15.3. The number of carbonyl (C=O) groups is 1. The minimum atomic E-state index is -5.01. The fraction of sp³-hybridized carbons (Fsp3) is 0.533. The Hall–Kier alpha value is -1.60. The molecule has 1 N–H and O–H groups in total. The molecule has 0 radical (unpaired) electrons. The van der Waals surface area contributed by atoms with Crippen molar-refractivity contribution < 1.29 is 27.4 Å². The number of aryl methyl sites for hydroxylation is 1. The Morgan fingerprint density at radius 1 is 1.45 bits per heavy atom. The Bertz CT molecular complexity index is 617. The minimum Gasteiger partial charge on any atom is -0.439 e. The lowest BCUT2D eigenvalue weighted by atomic mass is 9.79. The molecular formula is C15H16F3NO3. The lowest BCUT2D eigenvalue weighted by Crippen LogP contribution is -2.43. The molecule has 1 aromatic rings. The molecule has 2 aliphatic rings. The second-order valence-corrected chi connectivity index (χ2v) is 5.93. The number of fused-ring (bicyclic) bond motifs is 3. The maximum absolute atomic E-state index is 12.4. The SMILES string of the molecule is Cc1cccc2c1COC1(C)CNC(OC(=O)C(F)(F)F)C21. The summed E-state index contributed by atoms with van der Waals surface area (Å²) in [7, 11) is 0. The molecule has 22 heavy (non-hydrogen) atoms. The molecule has 0 aliphatic carbocycles. The number of nitrogens with one attached hydrogen (secondary N) is 1. The van der Waals surface area contributed by atoms with E-state index in [4.69, 9.17) is 4.74 Å². The summed E-state index contributed by atoms with van der Waals surface area (Å²) in [6.45, 7) is 4.46. The zero-order chi connectivity index (χ0) is 16.1. The van der Waals surface area contributed by atoms with Gasteiger partial charge in [0.25, 0.3) is 0 Å². The highest BCUT2D eigenvalue weighted by Gasteiger charge is 2.54. The first-order chi connectivity index (χ1) is 10.2. The smallest absolute Gasteiger partial charge is 0.439 e. The Morgan fingerprint density at radius 2 is 2.18 bits per heavy atom. The van der Waals surface area contributed by atoms with Gasteiger partial charge in [-0.3, -0.25) is 5.32 Å². The molecule has 0 spiro atoms. The van der Waals surface area contributed by atoms with Gasteiger partial charge in [0.15, 0.2) is 6.23 Å². The second-order valence-electron chi connectivity index (χ2n) is 5.93. The number of esters is 1. The van der Waals surface area contributed by atoms with E-state index >= 15 is 0 Å². The predicted molar refractivity (Wildman–Crippen MR) is 71.1 cm³/mol. The Kier molecular flexibility index (Phi) is 3.45. The van der Waals surface area contributed by atoms with Crippen LogP contribution in [0.15, 0.2) is 18.2 Å². The van der Waals surface area contributed by atoms with Gasteiger partial charge in [-0.15, -0.1) is 0 Å². The van der Waals surface area contributed by atoms with Crippen molar-refractivity contribution in [3.8, 4) is 0 Å². The fourth-order valence-electron chi connectivity index (χ4n) is 3.23. The van der Waals surface area contributed by atoms with Crippen LogP contribution >= 0.6 is 0 Å². The zero-order valence-electron chi connectivity index (χ0n) is 12.2.